The van der Waals surface area contributed by atoms with Crippen molar-refractivity contribution in [3.05, 3.63) is 0 Å². The molecule has 0 aliphatic carbocycles. The molecule has 0 aromatic carbocycles. The van der Waals surface area contributed by atoms with Crippen LogP contribution in [0.15, 0.2) is 0 Å². The Kier molecular flexibility index (Phi) is 6.46. The maximum absolute atomic E-state index is 10.9. The van der Waals surface area contributed by atoms with Gasteiger partial charge in [-0.05, 0) is 20.0 Å². The Morgan fingerprint density at radius 1 is 1.47 bits per heavy atom. The lowest BCUT2D eigenvalue weighted by Gasteiger charge is -2.15. The molecule has 15 heavy (non-hydrogen) atoms. The summed E-state index contributed by atoms with van der Waals surface area (Å²) in [5, 5.41) is 2.86. The molecule has 0 rings (SSSR count). The number of hydrogen-bond acceptors (Lipinski definition) is 6. The minimum Gasteiger partial charge on any atom is -0.463 e. The van der Waals surface area contributed by atoms with Crippen LogP contribution in [-0.2, 0) is 23.8 Å². The molecule has 1 N–H and O–H groups in total. The number of ether oxygens (including phenoxy) is 1. The molecule has 6 nitrogen and oxygen atoms in total. The third-order valence-corrected chi connectivity index (χ3v) is 2.12. The van der Waals surface area contributed by atoms with Crippen molar-refractivity contribution in [2.24, 2.45) is 0 Å². The largest absolute Gasteiger partial charge is 0.463 e. The number of nitrogens with one attached hydrogen (secondary N) is 1. The SMILES string of the molecule is CNCCC(COC(C)=O)OS(C)(=O)=O. The fraction of sp³-hybridized carbons (Fsp3) is 0.875. The molecular weight excluding hydrogens is 222 g/mol. The average molecular weight is 239 g/mol. The summed E-state index contributed by atoms with van der Waals surface area (Å²) in [6, 6.07) is 0. The molecule has 0 aromatic rings. The highest BCUT2D eigenvalue weighted by molar-refractivity contribution is 7.86. The molecule has 1 atom stereocenters. The Labute approximate surface area is 90.1 Å². The summed E-state index contributed by atoms with van der Waals surface area (Å²) >= 11 is 0. The monoisotopic (exact) mass is 239 g/mol. The molecule has 0 heterocycles. The van der Waals surface area contributed by atoms with Crippen molar-refractivity contribution in [1.29, 1.82) is 0 Å². The molecule has 0 radical (unpaired) electrons. The second-order valence-electron chi connectivity index (χ2n) is 3.12. The minimum atomic E-state index is -3.52. The lowest BCUT2D eigenvalue weighted by Crippen LogP contribution is -2.27. The maximum Gasteiger partial charge on any atom is 0.302 e. The number of carbonyl (C=O) groups excluding carboxylic acids is 1. The van der Waals surface area contributed by atoms with Crippen LogP contribution in [-0.4, -0.2) is 46.9 Å². The zero-order chi connectivity index (χ0) is 11.9. The van der Waals surface area contributed by atoms with Crippen LogP contribution in [0.1, 0.15) is 13.3 Å². The van der Waals surface area contributed by atoms with Crippen molar-refractivity contribution in [3.8, 4) is 0 Å². The molecule has 0 bridgehead atoms. The molecule has 0 amide bonds. The molecule has 0 aliphatic rings. The normalized spacial score (nSPS) is 13.5. The van der Waals surface area contributed by atoms with Gasteiger partial charge in [0.05, 0.1) is 6.26 Å². The van der Waals surface area contributed by atoms with Crippen LogP contribution >= 0.6 is 0 Å². The molecule has 7 heteroatoms. The van der Waals surface area contributed by atoms with E-state index in [1.165, 1.54) is 6.92 Å². The van der Waals surface area contributed by atoms with E-state index in [1.807, 2.05) is 0 Å². The summed E-state index contributed by atoms with van der Waals surface area (Å²) in [7, 11) is -1.78. The van der Waals surface area contributed by atoms with E-state index in [1.54, 1.807) is 7.05 Å². The standard InChI is InChI=1S/C8H17NO5S/c1-7(10)13-6-8(4-5-9-2)14-15(3,11)12/h8-9H,4-6H2,1-3H3. The predicted molar refractivity (Wildman–Crippen MR) is 54.9 cm³/mol. The highest BCUT2D eigenvalue weighted by Crippen LogP contribution is 2.03. The van der Waals surface area contributed by atoms with Crippen LogP contribution in [0.2, 0.25) is 0 Å². The van der Waals surface area contributed by atoms with Gasteiger partial charge in [0.25, 0.3) is 10.1 Å². The lowest BCUT2D eigenvalue weighted by molar-refractivity contribution is -0.143. The first-order chi connectivity index (χ1) is 6.85. The van der Waals surface area contributed by atoms with E-state index < -0.39 is 22.2 Å². The van der Waals surface area contributed by atoms with Crippen LogP contribution in [0.4, 0.5) is 0 Å². The van der Waals surface area contributed by atoms with Gasteiger partial charge < -0.3 is 10.1 Å². The van der Waals surface area contributed by atoms with E-state index in [-0.39, 0.29) is 6.61 Å². The van der Waals surface area contributed by atoms with E-state index in [9.17, 15) is 13.2 Å². The predicted octanol–water partition coefficient (Wildman–Crippen LogP) is -0.496. The van der Waals surface area contributed by atoms with Gasteiger partial charge in [0.15, 0.2) is 0 Å². The van der Waals surface area contributed by atoms with Crippen molar-refractivity contribution in [2.75, 3.05) is 26.5 Å². The Morgan fingerprint density at radius 3 is 2.47 bits per heavy atom. The fourth-order valence-electron chi connectivity index (χ4n) is 0.922. The topological polar surface area (TPSA) is 81.7 Å². The van der Waals surface area contributed by atoms with Crippen LogP contribution in [0.25, 0.3) is 0 Å². The Bertz CT molecular complexity index is 287. The highest BCUT2D eigenvalue weighted by atomic mass is 32.2. The zero-order valence-corrected chi connectivity index (χ0v) is 9.96. The molecule has 0 aromatic heterocycles. The molecule has 0 saturated carbocycles. The number of esters is 1. The van der Waals surface area contributed by atoms with Crippen LogP contribution < -0.4 is 5.32 Å². The number of hydrogen-bond donors (Lipinski definition) is 1. The summed E-state index contributed by atoms with van der Waals surface area (Å²) in [4.78, 5) is 10.5. The summed E-state index contributed by atoms with van der Waals surface area (Å²) < 4.78 is 31.2. The summed E-state index contributed by atoms with van der Waals surface area (Å²) in [6.45, 7) is 1.79. The third-order valence-electron chi connectivity index (χ3n) is 1.50. The van der Waals surface area contributed by atoms with E-state index in [2.05, 4.69) is 5.32 Å². The Morgan fingerprint density at radius 2 is 2.07 bits per heavy atom. The van der Waals surface area contributed by atoms with Gasteiger partial charge in [0.1, 0.15) is 12.7 Å². The van der Waals surface area contributed by atoms with Gasteiger partial charge in [0, 0.05) is 6.92 Å². The van der Waals surface area contributed by atoms with Crippen LogP contribution in [0, 0.1) is 0 Å². The van der Waals surface area contributed by atoms with Gasteiger partial charge in [-0.15, -0.1) is 0 Å². The van der Waals surface area contributed by atoms with Crippen LogP contribution in [0.3, 0.4) is 0 Å². The minimum absolute atomic E-state index is 0.0515. The van der Waals surface area contributed by atoms with Gasteiger partial charge in [-0.1, -0.05) is 0 Å². The first kappa shape index (κ1) is 14.3. The molecular formula is C8H17NO5S. The zero-order valence-electron chi connectivity index (χ0n) is 9.15. The summed E-state index contributed by atoms with van der Waals surface area (Å²) in [5.74, 6) is -0.457. The van der Waals surface area contributed by atoms with Gasteiger partial charge in [-0.3, -0.25) is 8.98 Å². The van der Waals surface area contributed by atoms with E-state index in [0.717, 1.165) is 6.26 Å². The first-order valence-electron chi connectivity index (χ1n) is 4.51. The smallest absolute Gasteiger partial charge is 0.302 e. The molecule has 0 aliphatic heterocycles. The second-order valence-corrected chi connectivity index (χ2v) is 4.72. The Balaban J connectivity index is 4.12. The van der Waals surface area contributed by atoms with Gasteiger partial charge >= 0.3 is 5.97 Å². The second kappa shape index (κ2) is 6.76. The van der Waals surface area contributed by atoms with E-state index >= 15 is 0 Å². The molecule has 0 saturated heterocycles. The first-order valence-corrected chi connectivity index (χ1v) is 6.33. The van der Waals surface area contributed by atoms with E-state index in [4.69, 9.17) is 8.92 Å². The fourth-order valence-corrected chi connectivity index (χ4v) is 1.57. The summed E-state index contributed by atoms with van der Waals surface area (Å²) in [6.07, 6.45) is 0.792. The number of carbonyl (C=O) groups is 1. The lowest BCUT2D eigenvalue weighted by atomic mass is 10.3. The highest BCUT2D eigenvalue weighted by Gasteiger charge is 2.16. The Hall–Kier alpha value is -0.660. The van der Waals surface area contributed by atoms with Crippen molar-refractivity contribution in [1.82, 2.24) is 5.32 Å². The van der Waals surface area contributed by atoms with Crippen LogP contribution in [0.5, 0.6) is 0 Å². The van der Waals surface area contributed by atoms with Gasteiger partial charge in [-0.2, -0.15) is 8.42 Å². The van der Waals surface area contributed by atoms with Crippen molar-refractivity contribution in [3.63, 3.8) is 0 Å². The third kappa shape index (κ3) is 9.64. The quantitative estimate of drug-likeness (QED) is 0.476. The molecule has 0 spiro atoms. The van der Waals surface area contributed by atoms with E-state index in [0.29, 0.717) is 13.0 Å². The van der Waals surface area contributed by atoms with Gasteiger partial charge in [-0.25, -0.2) is 0 Å². The molecule has 1 unspecified atom stereocenters. The van der Waals surface area contributed by atoms with Gasteiger partial charge in [0.2, 0.25) is 0 Å². The summed E-state index contributed by atoms with van der Waals surface area (Å²) in [5.41, 5.74) is 0. The number of rotatable bonds is 7. The van der Waals surface area contributed by atoms with Crippen molar-refractivity contribution in [2.45, 2.75) is 19.4 Å². The van der Waals surface area contributed by atoms with Crippen molar-refractivity contribution >= 4 is 16.1 Å². The average Bonchev–Trinajstić information content (AvgIpc) is 2.07. The van der Waals surface area contributed by atoms with Crippen molar-refractivity contribution < 1.29 is 22.1 Å². The molecule has 0 fully saturated rings. The maximum atomic E-state index is 10.9. The molecule has 90 valence electrons.